The van der Waals surface area contributed by atoms with Crippen molar-refractivity contribution < 1.29 is 22.4 Å². The zero-order valence-corrected chi connectivity index (χ0v) is 11.7. The van der Waals surface area contributed by atoms with Crippen molar-refractivity contribution in [3.8, 4) is 0 Å². The highest BCUT2D eigenvalue weighted by Crippen LogP contribution is 2.14. The van der Waals surface area contributed by atoms with Gasteiger partial charge in [0.2, 0.25) is 5.89 Å². The predicted molar refractivity (Wildman–Crippen MR) is 66.3 cm³/mol. The van der Waals surface area contributed by atoms with Crippen LogP contribution in [0.25, 0.3) is 0 Å². The maximum absolute atomic E-state index is 11.8. The zero-order chi connectivity index (χ0) is 15.0. The van der Waals surface area contributed by atoms with Gasteiger partial charge in [0.05, 0.1) is 6.61 Å². The lowest BCUT2D eigenvalue weighted by atomic mass is 10.2. The molecule has 8 heteroatoms. The van der Waals surface area contributed by atoms with Crippen LogP contribution in [0.2, 0.25) is 0 Å². The van der Waals surface area contributed by atoms with E-state index in [9.17, 15) is 13.2 Å². The molecule has 1 aromatic rings. The van der Waals surface area contributed by atoms with E-state index >= 15 is 0 Å². The Bertz CT molecular complexity index is 382. The van der Waals surface area contributed by atoms with Crippen molar-refractivity contribution in [1.82, 2.24) is 15.5 Å². The number of aryl methyl sites for hydroxylation is 1. The third-order valence-corrected chi connectivity index (χ3v) is 2.59. The summed E-state index contributed by atoms with van der Waals surface area (Å²) in [5.41, 5.74) is 0. The minimum absolute atomic E-state index is 0.0771. The summed E-state index contributed by atoms with van der Waals surface area (Å²) in [6, 6.07) is 0.352. The van der Waals surface area contributed by atoms with Crippen LogP contribution in [-0.2, 0) is 17.6 Å². The Hall–Kier alpha value is -1.15. The molecule has 0 aliphatic rings. The summed E-state index contributed by atoms with van der Waals surface area (Å²) < 4.78 is 45.0. The zero-order valence-electron chi connectivity index (χ0n) is 11.7. The third-order valence-electron chi connectivity index (χ3n) is 2.59. The molecule has 5 nitrogen and oxygen atoms in total. The van der Waals surface area contributed by atoms with E-state index in [2.05, 4.69) is 27.1 Å². The molecule has 0 bridgehead atoms. The molecular formula is C12H20F3N3O2. The molecule has 0 saturated heterocycles. The molecule has 0 radical (unpaired) electrons. The largest absolute Gasteiger partial charge is 0.411 e. The minimum Gasteiger partial charge on any atom is -0.372 e. The molecule has 0 saturated carbocycles. The quantitative estimate of drug-likeness (QED) is 0.707. The predicted octanol–water partition coefficient (Wildman–Crippen LogP) is 2.12. The summed E-state index contributed by atoms with van der Waals surface area (Å²) in [5, 5.41) is 6.97. The summed E-state index contributed by atoms with van der Waals surface area (Å²) in [6.07, 6.45) is -2.59. The van der Waals surface area contributed by atoms with E-state index in [1.807, 2.05) is 6.92 Å². The molecular weight excluding hydrogens is 275 g/mol. The van der Waals surface area contributed by atoms with Crippen LogP contribution in [0.4, 0.5) is 13.2 Å². The third kappa shape index (κ3) is 7.44. The molecule has 1 aromatic heterocycles. The van der Waals surface area contributed by atoms with Gasteiger partial charge in [0, 0.05) is 18.9 Å². The lowest BCUT2D eigenvalue weighted by molar-refractivity contribution is -0.173. The Kier molecular flexibility index (Phi) is 6.94. The van der Waals surface area contributed by atoms with Gasteiger partial charge >= 0.3 is 6.18 Å². The van der Waals surface area contributed by atoms with Crippen molar-refractivity contribution in [3.63, 3.8) is 0 Å². The Morgan fingerprint density at radius 2 is 2.10 bits per heavy atom. The molecule has 20 heavy (non-hydrogen) atoms. The van der Waals surface area contributed by atoms with Crippen LogP contribution in [0.5, 0.6) is 0 Å². The average molecular weight is 295 g/mol. The van der Waals surface area contributed by atoms with Crippen LogP contribution in [0.15, 0.2) is 4.52 Å². The van der Waals surface area contributed by atoms with Crippen molar-refractivity contribution in [2.45, 2.75) is 45.3 Å². The molecule has 1 heterocycles. The fourth-order valence-corrected chi connectivity index (χ4v) is 1.64. The number of rotatable bonds is 9. The second-order valence-electron chi connectivity index (χ2n) is 4.52. The standard InChI is InChI=1S/C12H20F3N3O2/c1-3-16-9(2)4-5-11-17-10(18-20-11)6-7-19-8-12(13,14)15/h9,16H,3-8H2,1-2H3. The van der Waals surface area contributed by atoms with E-state index in [0.29, 0.717) is 24.2 Å². The lowest BCUT2D eigenvalue weighted by Gasteiger charge is -2.09. The van der Waals surface area contributed by atoms with Crippen molar-refractivity contribution in [3.05, 3.63) is 11.7 Å². The minimum atomic E-state index is -4.30. The average Bonchev–Trinajstić information content (AvgIpc) is 2.79. The van der Waals surface area contributed by atoms with Gasteiger partial charge in [-0.25, -0.2) is 0 Å². The molecule has 0 spiro atoms. The van der Waals surface area contributed by atoms with Gasteiger partial charge in [-0.15, -0.1) is 0 Å². The lowest BCUT2D eigenvalue weighted by Crippen LogP contribution is -2.25. The van der Waals surface area contributed by atoms with E-state index in [-0.39, 0.29) is 13.0 Å². The van der Waals surface area contributed by atoms with Crippen molar-refractivity contribution >= 4 is 0 Å². The molecule has 1 unspecified atom stereocenters. The molecule has 0 fully saturated rings. The Morgan fingerprint density at radius 1 is 1.35 bits per heavy atom. The number of alkyl halides is 3. The van der Waals surface area contributed by atoms with Crippen LogP contribution >= 0.6 is 0 Å². The topological polar surface area (TPSA) is 60.2 Å². The number of ether oxygens (including phenoxy) is 1. The summed E-state index contributed by atoms with van der Waals surface area (Å²) in [6.45, 7) is 3.66. The van der Waals surface area contributed by atoms with Crippen LogP contribution < -0.4 is 5.32 Å². The van der Waals surface area contributed by atoms with Crippen LogP contribution in [0, 0.1) is 0 Å². The van der Waals surface area contributed by atoms with E-state index in [0.717, 1.165) is 13.0 Å². The Balaban J connectivity index is 2.22. The SMILES string of the molecule is CCNC(C)CCc1nc(CCOCC(F)(F)F)no1. The maximum atomic E-state index is 11.8. The molecule has 116 valence electrons. The van der Waals surface area contributed by atoms with Gasteiger partial charge in [0.15, 0.2) is 5.82 Å². The second-order valence-corrected chi connectivity index (χ2v) is 4.52. The maximum Gasteiger partial charge on any atom is 0.411 e. The molecule has 0 amide bonds. The molecule has 0 aromatic carbocycles. The monoisotopic (exact) mass is 295 g/mol. The highest BCUT2D eigenvalue weighted by atomic mass is 19.4. The molecule has 0 aliphatic heterocycles. The normalized spacial score (nSPS) is 13.7. The Morgan fingerprint density at radius 3 is 2.75 bits per heavy atom. The summed E-state index contributed by atoms with van der Waals surface area (Å²) in [5.74, 6) is 0.874. The highest BCUT2D eigenvalue weighted by molar-refractivity contribution is 4.87. The fourth-order valence-electron chi connectivity index (χ4n) is 1.64. The van der Waals surface area contributed by atoms with Crippen molar-refractivity contribution in [1.29, 1.82) is 0 Å². The van der Waals surface area contributed by atoms with E-state index < -0.39 is 12.8 Å². The first-order valence-electron chi connectivity index (χ1n) is 6.60. The first-order valence-corrected chi connectivity index (χ1v) is 6.60. The van der Waals surface area contributed by atoms with Crippen LogP contribution in [0.3, 0.4) is 0 Å². The summed E-state index contributed by atoms with van der Waals surface area (Å²) >= 11 is 0. The van der Waals surface area contributed by atoms with E-state index in [1.165, 1.54) is 0 Å². The number of hydrogen-bond donors (Lipinski definition) is 1. The van der Waals surface area contributed by atoms with Gasteiger partial charge in [0.1, 0.15) is 6.61 Å². The first-order chi connectivity index (χ1) is 9.40. The molecule has 1 rings (SSSR count). The Labute approximate surface area is 115 Å². The van der Waals surface area contributed by atoms with Gasteiger partial charge in [0.25, 0.3) is 0 Å². The first kappa shape index (κ1) is 16.9. The number of nitrogens with one attached hydrogen (secondary N) is 1. The van der Waals surface area contributed by atoms with Crippen LogP contribution in [0.1, 0.15) is 32.0 Å². The summed E-state index contributed by atoms with van der Waals surface area (Å²) in [7, 11) is 0. The number of hydrogen-bond acceptors (Lipinski definition) is 5. The number of aromatic nitrogens is 2. The van der Waals surface area contributed by atoms with E-state index in [4.69, 9.17) is 4.52 Å². The molecule has 1 atom stereocenters. The van der Waals surface area contributed by atoms with E-state index in [1.54, 1.807) is 0 Å². The highest BCUT2D eigenvalue weighted by Gasteiger charge is 2.27. The molecule has 1 N–H and O–H groups in total. The summed E-state index contributed by atoms with van der Waals surface area (Å²) in [4.78, 5) is 4.11. The van der Waals surface area contributed by atoms with Gasteiger partial charge in [-0.3, -0.25) is 0 Å². The second kappa shape index (κ2) is 8.21. The van der Waals surface area contributed by atoms with Gasteiger partial charge in [-0.1, -0.05) is 12.1 Å². The number of nitrogens with zero attached hydrogens (tertiary/aromatic N) is 2. The van der Waals surface area contributed by atoms with Gasteiger partial charge < -0.3 is 14.6 Å². The van der Waals surface area contributed by atoms with Crippen LogP contribution in [-0.4, -0.2) is 42.1 Å². The fraction of sp³-hybridized carbons (Fsp3) is 0.833. The van der Waals surface area contributed by atoms with Gasteiger partial charge in [-0.05, 0) is 19.9 Å². The van der Waals surface area contributed by atoms with Crippen molar-refractivity contribution in [2.24, 2.45) is 0 Å². The smallest absolute Gasteiger partial charge is 0.372 e. The van der Waals surface area contributed by atoms with Crippen molar-refractivity contribution in [2.75, 3.05) is 19.8 Å². The molecule has 0 aliphatic carbocycles. The van der Waals surface area contributed by atoms with Gasteiger partial charge in [-0.2, -0.15) is 18.2 Å². The number of halogens is 3.